The van der Waals surface area contributed by atoms with Crippen LogP contribution in [-0.2, 0) is 72.7 Å². The number of hydrogen-bond donors (Lipinski definition) is 0. The molecule has 1 rings (SSSR count). The second kappa shape index (κ2) is 75.7. The van der Waals surface area contributed by atoms with Crippen LogP contribution in [0.1, 0.15) is 12.2 Å². The molecule has 0 N–H and O–H groups in total. The van der Waals surface area contributed by atoms with Crippen LogP contribution in [0, 0.1) is 51.7 Å². The van der Waals surface area contributed by atoms with E-state index >= 15 is 0 Å². The standard InChI is InChI=1S/C11H10O2.6CO.2Co/c1-2-10(12)6-3-4-7-11-8-5-9-13-11;6*1-2;;/h2,5,8-9H,1,4,7H2;;;;;;;;. The second-order valence-electron chi connectivity index (χ2n) is 2.45. The number of aryl methyl sites for hydroxylation is 1. The van der Waals surface area contributed by atoms with Crippen molar-refractivity contribution in [1.82, 2.24) is 0 Å². The van der Waals surface area contributed by atoms with Crippen molar-refractivity contribution in [3.05, 3.63) is 76.7 Å². The minimum Gasteiger partial charge on any atom is 0 e. The van der Waals surface area contributed by atoms with Gasteiger partial charge in [-0.15, -0.1) is 0 Å². The van der Waals surface area contributed by atoms with Crippen LogP contribution in [-0.4, -0.2) is 5.78 Å². The molecule has 27 heavy (non-hydrogen) atoms. The molecule has 0 aliphatic rings. The van der Waals surface area contributed by atoms with Crippen molar-refractivity contribution >= 4 is 5.78 Å². The van der Waals surface area contributed by atoms with E-state index in [2.05, 4.69) is 58.3 Å². The first kappa shape index (κ1) is 49.7. The number of rotatable bonds is 3. The molecule has 0 unspecified atom stereocenters. The third-order valence-electron chi connectivity index (χ3n) is 1.47. The Morgan fingerprint density at radius 3 is 1.67 bits per heavy atom. The maximum absolute atomic E-state index is 10.7. The quantitative estimate of drug-likeness (QED) is 0.222. The Morgan fingerprint density at radius 1 is 0.963 bits per heavy atom. The largest absolute Gasteiger partial charge is 0 e. The van der Waals surface area contributed by atoms with Gasteiger partial charge in [0.2, 0.25) is 5.78 Å². The summed E-state index contributed by atoms with van der Waals surface area (Å²) in [5, 5.41) is 0. The molecular formula is C17H10Co2O8. The third-order valence-corrected chi connectivity index (χ3v) is 1.47. The predicted molar refractivity (Wildman–Crippen MR) is 73.6 cm³/mol. The molecule has 0 saturated carbocycles. The molecule has 8 nitrogen and oxygen atoms in total. The zero-order valence-corrected chi connectivity index (χ0v) is 15.4. The van der Waals surface area contributed by atoms with Crippen LogP contribution in [0.5, 0.6) is 0 Å². The van der Waals surface area contributed by atoms with Crippen molar-refractivity contribution in [3.8, 4) is 11.8 Å². The maximum atomic E-state index is 10.7. The van der Waals surface area contributed by atoms with Gasteiger partial charge in [0.25, 0.3) is 0 Å². The zero-order valence-electron chi connectivity index (χ0n) is 13.4. The van der Waals surface area contributed by atoms with Crippen molar-refractivity contribution in [3.63, 3.8) is 0 Å². The molecule has 1 heterocycles. The molecule has 0 aromatic carbocycles. The van der Waals surface area contributed by atoms with E-state index in [1.807, 2.05) is 12.1 Å². The Kier molecular flexibility index (Phi) is 139. The van der Waals surface area contributed by atoms with Crippen LogP contribution in [0.3, 0.4) is 0 Å². The van der Waals surface area contributed by atoms with Crippen molar-refractivity contribution in [1.29, 1.82) is 0 Å². The summed E-state index contributed by atoms with van der Waals surface area (Å²) in [4.78, 5) is 10.7. The van der Waals surface area contributed by atoms with Crippen molar-refractivity contribution in [2.45, 2.75) is 12.8 Å². The van der Waals surface area contributed by atoms with E-state index in [9.17, 15) is 4.79 Å². The fourth-order valence-corrected chi connectivity index (χ4v) is 0.841. The topological polar surface area (TPSA) is 150 Å². The van der Waals surface area contributed by atoms with Crippen LogP contribution >= 0.6 is 0 Å². The number of carbonyl (C=O) groups is 1. The SMILES string of the molecule is C=CC(=O)C#CCCc1ccco1.[C-]#[O+].[C-]#[O+].[C-]#[O+].[C-]#[O+].[C-]#[O+].[C-]#[O+].[Co].[Co]. The van der Waals surface area contributed by atoms with Crippen LogP contribution in [0.4, 0.5) is 0 Å². The van der Waals surface area contributed by atoms with Gasteiger partial charge in [-0.25, -0.2) is 0 Å². The molecule has 0 saturated heterocycles. The minimum absolute atomic E-state index is 0. The van der Waals surface area contributed by atoms with Gasteiger partial charge in [-0.2, -0.15) is 0 Å². The third kappa shape index (κ3) is 59.5. The predicted octanol–water partition coefficient (Wildman–Crippen LogP) is 1.74. The van der Waals surface area contributed by atoms with Crippen LogP contribution in [0.15, 0.2) is 35.5 Å². The van der Waals surface area contributed by atoms with Gasteiger partial charge in [-0.1, -0.05) is 12.5 Å². The number of hydrogen-bond acceptors (Lipinski definition) is 2. The van der Waals surface area contributed by atoms with Gasteiger partial charge >= 0.3 is 67.8 Å². The molecule has 144 valence electrons. The van der Waals surface area contributed by atoms with Crippen LogP contribution in [0.2, 0.25) is 0 Å². The van der Waals surface area contributed by atoms with E-state index < -0.39 is 0 Å². The van der Waals surface area contributed by atoms with Gasteiger partial charge < -0.3 is 4.42 Å². The summed E-state index contributed by atoms with van der Waals surface area (Å²) >= 11 is 0. The van der Waals surface area contributed by atoms with Crippen molar-refractivity contribution in [2.24, 2.45) is 0 Å². The summed E-state index contributed by atoms with van der Waals surface area (Å²) in [7, 11) is 0. The molecular weight excluding hydrogens is 450 g/mol. The van der Waals surface area contributed by atoms with Gasteiger partial charge in [-0.3, -0.25) is 4.79 Å². The Bertz CT molecular complexity index is 535. The molecule has 0 amide bonds. The van der Waals surface area contributed by atoms with Gasteiger partial charge in [0, 0.05) is 46.4 Å². The van der Waals surface area contributed by atoms with Crippen molar-refractivity contribution < 1.29 is 70.7 Å². The molecule has 1 aromatic heterocycles. The Labute approximate surface area is 177 Å². The molecule has 10 heteroatoms. The minimum atomic E-state index is -0.237. The first-order chi connectivity index (χ1) is 12.3. The van der Waals surface area contributed by atoms with Gasteiger partial charge in [0.05, 0.1) is 6.26 Å². The summed E-state index contributed by atoms with van der Waals surface area (Å²) in [6, 6.07) is 3.72. The monoisotopic (exact) mass is 460 g/mol. The Balaban J connectivity index is -0.0000000370. The van der Waals surface area contributed by atoms with Gasteiger partial charge in [0.15, 0.2) is 0 Å². The molecule has 1 aromatic rings. The first-order valence-electron chi connectivity index (χ1n) is 5.23. The summed E-state index contributed by atoms with van der Waals surface area (Å²) in [5.41, 5.74) is 0. The molecule has 0 spiro atoms. The summed E-state index contributed by atoms with van der Waals surface area (Å²) in [5.74, 6) is 5.84. The summed E-state index contributed by atoms with van der Waals surface area (Å²) < 4.78 is 50.1. The van der Waals surface area contributed by atoms with E-state index in [0.29, 0.717) is 6.42 Å². The molecule has 0 atom stereocenters. The molecule has 0 aliphatic carbocycles. The van der Waals surface area contributed by atoms with Crippen molar-refractivity contribution in [2.75, 3.05) is 0 Å². The number of ketones is 1. The van der Waals surface area contributed by atoms with E-state index in [4.69, 9.17) is 32.3 Å². The van der Waals surface area contributed by atoms with Gasteiger partial charge in [0.1, 0.15) is 5.76 Å². The zero-order chi connectivity index (χ0) is 21.5. The fourth-order valence-electron chi connectivity index (χ4n) is 0.841. The fraction of sp³-hybridized carbons (Fsp3) is 0.118. The second-order valence-corrected chi connectivity index (χ2v) is 2.45. The molecule has 0 fully saturated rings. The van der Waals surface area contributed by atoms with E-state index in [0.717, 1.165) is 12.2 Å². The molecule has 0 bridgehead atoms. The van der Waals surface area contributed by atoms with E-state index in [1.165, 1.54) is 6.08 Å². The normalized spacial score (nSPS) is 4.59. The smallest absolute Gasteiger partial charge is 0 e. The number of furan rings is 1. The van der Waals surface area contributed by atoms with E-state index in [1.54, 1.807) is 6.26 Å². The maximum Gasteiger partial charge on any atom is 0 e. The average molecular weight is 460 g/mol. The molecule has 0 aliphatic heterocycles. The first-order valence-corrected chi connectivity index (χ1v) is 5.23. The Morgan fingerprint density at radius 2 is 1.37 bits per heavy atom. The Hall–Kier alpha value is -2.30. The summed E-state index contributed by atoms with van der Waals surface area (Å²) in [6.07, 6.45) is 4.20. The van der Waals surface area contributed by atoms with E-state index in [-0.39, 0.29) is 39.3 Å². The number of allylic oxidation sites excluding steroid dienone is 1. The van der Waals surface area contributed by atoms with Gasteiger partial charge in [-0.05, 0) is 24.1 Å². The number of carbonyl (C=O) groups excluding carboxylic acids is 1. The molecule has 2 radical (unpaired) electrons. The van der Waals surface area contributed by atoms with Crippen LogP contribution in [0.25, 0.3) is 0 Å². The summed E-state index contributed by atoms with van der Waals surface area (Å²) in [6.45, 7) is 30.3. The van der Waals surface area contributed by atoms with Crippen LogP contribution < -0.4 is 0 Å². The average Bonchev–Trinajstić information content (AvgIpc) is 3.27.